The van der Waals surface area contributed by atoms with E-state index in [1.807, 2.05) is 19.9 Å². The summed E-state index contributed by atoms with van der Waals surface area (Å²) in [4.78, 5) is 12.0. The summed E-state index contributed by atoms with van der Waals surface area (Å²) in [6, 6.07) is 7.18. The number of aliphatic hydroxyl groups is 1. The van der Waals surface area contributed by atoms with Crippen molar-refractivity contribution in [3.05, 3.63) is 53.0 Å². The molecule has 1 amide bonds. The fourth-order valence-corrected chi connectivity index (χ4v) is 1.76. The maximum atomic E-state index is 12.0. The highest BCUT2D eigenvalue weighted by atomic mass is 16.3. The van der Waals surface area contributed by atoms with Crippen LogP contribution in [0.1, 0.15) is 27.2 Å². The molecular formula is C16H15NO3. The normalized spacial score (nSPS) is 9.75. The molecule has 0 spiro atoms. The monoisotopic (exact) mass is 269 g/mol. The zero-order chi connectivity index (χ0) is 14.5. The van der Waals surface area contributed by atoms with Gasteiger partial charge in [-0.25, -0.2) is 0 Å². The SMILES string of the molecule is Cc1ccc(NC(=O)c2occc2C)cc1C#CCO. The van der Waals surface area contributed by atoms with E-state index in [0.717, 1.165) is 16.7 Å². The van der Waals surface area contributed by atoms with Crippen LogP contribution in [0.25, 0.3) is 0 Å². The molecule has 4 heteroatoms. The van der Waals surface area contributed by atoms with Gasteiger partial charge < -0.3 is 14.8 Å². The molecule has 0 unspecified atom stereocenters. The van der Waals surface area contributed by atoms with E-state index in [1.165, 1.54) is 6.26 Å². The molecule has 1 heterocycles. The van der Waals surface area contributed by atoms with E-state index in [1.54, 1.807) is 18.2 Å². The summed E-state index contributed by atoms with van der Waals surface area (Å²) in [5.41, 5.74) is 3.18. The predicted octanol–water partition coefficient (Wildman–Crippen LogP) is 2.49. The van der Waals surface area contributed by atoms with Crippen LogP contribution < -0.4 is 5.32 Å². The molecule has 102 valence electrons. The fourth-order valence-electron chi connectivity index (χ4n) is 1.76. The van der Waals surface area contributed by atoms with Crippen molar-refractivity contribution in [2.45, 2.75) is 13.8 Å². The standard InChI is InChI=1S/C16H15NO3/c1-11-5-6-14(10-13(11)4-3-8-18)17-16(19)15-12(2)7-9-20-15/h5-7,9-10,18H,8H2,1-2H3,(H,17,19). The number of hydrogen-bond acceptors (Lipinski definition) is 3. The third-order valence-corrected chi connectivity index (χ3v) is 2.87. The van der Waals surface area contributed by atoms with Gasteiger partial charge in [-0.05, 0) is 37.6 Å². The molecule has 0 bridgehead atoms. The van der Waals surface area contributed by atoms with E-state index in [-0.39, 0.29) is 12.5 Å². The number of nitrogens with one attached hydrogen (secondary N) is 1. The Balaban J connectivity index is 2.22. The Morgan fingerprint density at radius 1 is 1.30 bits per heavy atom. The van der Waals surface area contributed by atoms with Gasteiger partial charge >= 0.3 is 0 Å². The minimum atomic E-state index is -0.294. The lowest BCUT2D eigenvalue weighted by molar-refractivity contribution is 0.0996. The van der Waals surface area contributed by atoms with E-state index in [2.05, 4.69) is 17.2 Å². The van der Waals surface area contributed by atoms with Gasteiger partial charge in [-0.3, -0.25) is 4.79 Å². The van der Waals surface area contributed by atoms with Crippen molar-refractivity contribution in [1.29, 1.82) is 0 Å². The Bertz CT molecular complexity index is 689. The van der Waals surface area contributed by atoms with Crippen LogP contribution in [0.15, 0.2) is 34.9 Å². The first-order chi connectivity index (χ1) is 9.61. The topological polar surface area (TPSA) is 62.5 Å². The number of furan rings is 1. The molecule has 0 aliphatic carbocycles. The lowest BCUT2D eigenvalue weighted by atomic mass is 10.1. The second-order valence-corrected chi connectivity index (χ2v) is 4.38. The lowest BCUT2D eigenvalue weighted by Gasteiger charge is -2.06. The molecule has 0 atom stereocenters. The van der Waals surface area contributed by atoms with Gasteiger partial charge in [-0.1, -0.05) is 17.9 Å². The first-order valence-electron chi connectivity index (χ1n) is 6.17. The summed E-state index contributed by atoms with van der Waals surface area (Å²) in [5, 5.41) is 11.5. The van der Waals surface area contributed by atoms with Crippen molar-refractivity contribution in [1.82, 2.24) is 0 Å². The highest BCUT2D eigenvalue weighted by Gasteiger charge is 2.12. The number of aryl methyl sites for hydroxylation is 2. The highest BCUT2D eigenvalue weighted by molar-refractivity contribution is 6.03. The number of benzene rings is 1. The Morgan fingerprint density at radius 3 is 2.75 bits per heavy atom. The number of carbonyl (C=O) groups is 1. The first-order valence-corrected chi connectivity index (χ1v) is 6.17. The van der Waals surface area contributed by atoms with Crippen LogP contribution in [0.2, 0.25) is 0 Å². The van der Waals surface area contributed by atoms with E-state index in [4.69, 9.17) is 9.52 Å². The van der Waals surface area contributed by atoms with Crippen molar-refractivity contribution in [3.8, 4) is 11.8 Å². The van der Waals surface area contributed by atoms with Gasteiger partial charge in [0.15, 0.2) is 5.76 Å². The number of anilines is 1. The van der Waals surface area contributed by atoms with Crippen molar-refractivity contribution in [2.75, 3.05) is 11.9 Å². The van der Waals surface area contributed by atoms with Crippen molar-refractivity contribution < 1.29 is 14.3 Å². The quantitative estimate of drug-likeness (QED) is 0.823. The number of rotatable bonds is 2. The molecule has 0 aliphatic rings. The van der Waals surface area contributed by atoms with Gasteiger partial charge in [-0.2, -0.15) is 0 Å². The number of amides is 1. The number of hydrogen-bond donors (Lipinski definition) is 2. The van der Waals surface area contributed by atoms with Crippen LogP contribution in [0.4, 0.5) is 5.69 Å². The molecule has 0 radical (unpaired) electrons. The molecule has 1 aromatic heterocycles. The zero-order valence-corrected chi connectivity index (χ0v) is 11.4. The Kier molecular flexibility index (Phi) is 4.24. The second-order valence-electron chi connectivity index (χ2n) is 4.38. The Labute approximate surface area is 117 Å². The van der Waals surface area contributed by atoms with E-state index < -0.39 is 0 Å². The molecule has 0 fully saturated rings. The van der Waals surface area contributed by atoms with Crippen LogP contribution in [0.3, 0.4) is 0 Å². The molecule has 2 N–H and O–H groups in total. The summed E-state index contributed by atoms with van der Waals surface area (Å²) >= 11 is 0. The summed E-state index contributed by atoms with van der Waals surface area (Å²) in [7, 11) is 0. The largest absolute Gasteiger partial charge is 0.459 e. The van der Waals surface area contributed by atoms with E-state index in [9.17, 15) is 4.79 Å². The van der Waals surface area contributed by atoms with E-state index >= 15 is 0 Å². The van der Waals surface area contributed by atoms with E-state index in [0.29, 0.717) is 11.4 Å². The van der Waals surface area contributed by atoms with Crippen molar-refractivity contribution >= 4 is 11.6 Å². The van der Waals surface area contributed by atoms with Gasteiger partial charge in [0.2, 0.25) is 0 Å². The Hall–Kier alpha value is -2.51. The molecule has 2 rings (SSSR count). The summed E-state index contributed by atoms with van der Waals surface area (Å²) in [6.07, 6.45) is 1.48. The molecule has 1 aromatic carbocycles. The molecule has 4 nitrogen and oxygen atoms in total. The average molecular weight is 269 g/mol. The van der Waals surface area contributed by atoms with Crippen LogP contribution in [0, 0.1) is 25.7 Å². The Morgan fingerprint density at radius 2 is 2.10 bits per heavy atom. The van der Waals surface area contributed by atoms with Gasteiger partial charge in [0.1, 0.15) is 6.61 Å². The third-order valence-electron chi connectivity index (χ3n) is 2.87. The number of aliphatic hydroxyl groups excluding tert-OH is 1. The second kappa shape index (κ2) is 6.09. The molecule has 2 aromatic rings. The highest BCUT2D eigenvalue weighted by Crippen LogP contribution is 2.17. The lowest BCUT2D eigenvalue weighted by Crippen LogP contribution is -2.12. The minimum Gasteiger partial charge on any atom is -0.459 e. The van der Waals surface area contributed by atoms with Crippen LogP contribution in [-0.2, 0) is 0 Å². The van der Waals surface area contributed by atoms with Gasteiger partial charge in [-0.15, -0.1) is 0 Å². The maximum absolute atomic E-state index is 12.0. The van der Waals surface area contributed by atoms with Crippen molar-refractivity contribution in [3.63, 3.8) is 0 Å². The fraction of sp³-hybridized carbons (Fsp3) is 0.188. The first kappa shape index (κ1) is 13.9. The summed E-state index contributed by atoms with van der Waals surface area (Å²) in [6.45, 7) is 3.54. The van der Waals surface area contributed by atoms with Crippen LogP contribution >= 0.6 is 0 Å². The van der Waals surface area contributed by atoms with Crippen LogP contribution in [-0.4, -0.2) is 17.6 Å². The molecule has 20 heavy (non-hydrogen) atoms. The summed E-state index contributed by atoms with van der Waals surface area (Å²) < 4.78 is 5.14. The third kappa shape index (κ3) is 3.08. The minimum absolute atomic E-state index is 0.193. The number of carbonyl (C=O) groups excluding carboxylic acids is 1. The molecule has 0 saturated heterocycles. The molecular weight excluding hydrogens is 254 g/mol. The van der Waals surface area contributed by atoms with Crippen LogP contribution in [0.5, 0.6) is 0 Å². The maximum Gasteiger partial charge on any atom is 0.291 e. The molecule has 0 saturated carbocycles. The van der Waals surface area contributed by atoms with Gasteiger partial charge in [0, 0.05) is 16.8 Å². The van der Waals surface area contributed by atoms with Gasteiger partial charge in [0.25, 0.3) is 5.91 Å². The predicted molar refractivity (Wildman–Crippen MR) is 76.5 cm³/mol. The van der Waals surface area contributed by atoms with Gasteiger partial charge in [0.05, 0.1) is 6.26 Å². The zero-order valence-electron chi connectivity index (χ0n) is 11.4. The average Bonchev–Trinajstić information content (AvgIpc) is 2.85. The smallest absolute Gasteiger partial charge is 0.291 e. The molecule has 0 aliphatic heterocycles. The summed E-state index contributed by atoms with van der Waals surface area (Å²) in [5.74, 6) is 5.45. The van der Waals surface area contributed by atoms with Crippen molar-refractivity contribution in [2.24, 2.45) is 0 Å².